The van der Waals surface area contributed by atoms with E-state index in [9.17, 15) is 4.39 Å². The molecule has 0 fully saturated rings. The number of halogens is 1. The first-order valence-corrected chi connectivity index (χ1v) is 8.03. The van der Waals surface area contributed by atoms with E-state index >= 15 is 0 Å². The Hall–Kier alpha value is -1.70. The molecule has 0 bridgehead atoms. The molecule has 0 N–H and O–H groups in total. The first-order valence-electron chi connectivity index (χ1n) is 8.03. The topological polar surface area (TPSA) is 12.9 Å². The minimum Gasteiger partial charge on any atom is -0.261 e. The van der Waals surface area contributed by atoms with Crippen LogP contribution in [0.2, 0.25) is 0 Å². The average molecular weight is 305 g/mol. The summed E-state index contributed by atoms with van der Waals surface area (Å²) in [5.41, 5.74) is 5.27. The first kappa shape index (κ1) is 22.6. The summed E-state index contributed by atoms with van der Waals surface area (Å²) in [6.07, 6.45) is 1.81. The van der Waals surface area contributed by atoms with Crippen molar-refractivity contribution in [3.63, 3.8) is 0 Å². The van der Waals surface area contributed by atoms with Gasteiger partial charge in [0.1, 0.15) is 5.82 Å². The quantitative estimate of drug-likeness (QED) is 0.541. The molecule has 0 spiro atoms. The summed E-state index contributed by atoms with van der Waals surface area (Å²) >= 11 is 0. The number of hydrogen-bond acceptors (Lipinski definition) is 1. The minimum absolute atomic E-state index is 0.108. The van der Waals surface area contributed by atoms with E-state index in [4.69, 9.17) is 0 Å². The highest BCUT2D eigenvalue weighted by molar-refractivity contribution is 5.30. The lowest BCUT2D eigenvalue weighted by atomic mass is 10.1. The van der Waals surface area contributed by atoms with Crippen LogP contribution in [0.1, 0.15) is 55.6 Å². The zero-order chi connectivity index (χ0) is 17.7. The third-order valence-electron chi connectivity index (χ3n) is 3.05. The molecule has 2 rings (SSSR count). The summed E-state index contributed by atoms with van der Waals surface area (Å²) in [7, 11) is 0. The van der Waals surface area contributed by atoms with Gasteiger partial charge in [-0.3, -0.25) is 4.98 Å². The van der Waals surface area contributed by atoms with E-state index < -0.39 is 0 Å². The lowest BCUT2D eigenvalue weighted by molar-refractivity contribution is 0.616. The SMILES string of the molecule is CC.CC.Cc1cc(C)c(F)cc1C.Cc1cccnc1C. The van der Waals surface area contributed by atoms with Gasteiger partial charge in [0.25, 0.3) is 0 Å². The summed E-state index contributed by atoms with van der Waals surface area (Å²) in [6, 6.07) is 7.44. The number of benzene rings is 1. The van der Waals surface area contributed by atoms with Gasteiger partial charge in [-0.1, -0.05) is 39.8 Å². The predicted octanol–water partition coefficient (Wildman–Crippen LogP) is 6.50. The molecule has 22 heavy (non-hydrogen) atoms. The standard InChI is InChI=1S/C9H11F.C7H9N.2C2H6/c1-6-4-8(3)9(10)5-7(6)2;1-6-4-3-5-8-7(6)2;2*1-2/h4-5H,1-3H3;3-5H,1-2H3;2*1-2H3. The van der Waals surface area contributed by atoms with Crippen molar-refractivity contribution in [2.75, 3.05) is 0 Å². The van der Waals surface area contributed by atoms with E-state index in [0.29, 0.717) is 0 Å². The highest BCUT2D eigenvalue weighted by atomic mass is 19.1. The van der Waals surface area contributed by atoms with Crippen LogP contribution >= 0.6 is 0 Å². The molecule has 1 nitrogen and oxygen atoms in total. The average Bonchev–Trinajstić information content (AvgIpc) is 2.53. The normalized spacial score (nSPS) is 8.45. The Morgan fingerprint density at radius 1 is 0.727 bits per heavy atom. The smallest absolute Gasteiger partial charge is 0.126 e. The highest BCUT2D eigenvalue weighted by Gasteiger charge is 1.98. The number of nitrogens with zero attached hydrogens (tertiary/aromatic N) is 1. The van der Waals surface area contributed by atoms with Crippen LogP contribution < -0.4 is 0 Å². The Bertz CT molecular complexity index is 462. The van der Waals surface area contributed by atoms with Crippen molar-refractivity contribution in [3.05, 3.63) is 64.2 Å². The molecule has 0 amide bonds. The van der Waals surface area contributed by atoms with Crippen LogP contribution in [0.25, 0.3) is 0 Å². The Kier molecular flexibility index (Phi) is 13.3. The molecule has 2 aromatic rings. The second kappa shape index (κ2) is 13.0. The van der Waals surface area contributed by atoms with Crippen LogP contribution in [-0.2, 0) is 0 Å². The molecule has 0 aliphatic carbocycles. The van der Waals surface area contributed by atoms with Crippen LogP contribution in [0.4, 0.5) is 4.39 Å². The number of rotatable bonds is 0. The number of aromatic nitrogens is 1. The summed E-state index contributed by atoms with van der Waals surface area (Å²) in [6.45, 7) is 17.7. The van der Waals surface area contributed by atoms with Crippen molar-refractivity contribution in [2.24, 2.45) is 0 Å². The van der Waals surface area contributed by atoms with E-state index in [1.807, 2.05) is 66.8 Å². The number of pyridine rings is 1. The van der Waals surface area contributed by atoms with Crippen LogP contribution in [-0.4, -0.2) is 4.98 Å². The van der Waals surface area contributed by atoms with Gasteiger partial charge in [0.05, 0.1) is 0 Å². The molecular formula is C20H32FN. The van der Waals surface area contributed by atoms with E-state index in [2.05, 4.69) is 18.0 Å². The first-order chi connectivity index (χ1) is 10.4. The van der Waals surface area contributed by atoms with E-state index in [0.717, 1.165) is 22.4 Å². The molecule has 0 atom stereocenters. The Morgan fingerprint density at radius 3 is 1.59 bits per heavy atom. The zero-order valence-corrected chi connectivity index (χ0v) is 15.7. The van der Waals surface area contributed by atoms with E-state index in [1.54, 1.807) is 13.0 Å². The van der Waals surface area contributed by atoms with Crippen molar-refractivity contribution < 1.29 is 4.39 Å². The number of hydrogen-bond donors (Lipinski definition) is 0. The Labute approximate surface area is 136 Å². The van der Waals surface area contributed by atoms with Crippen LogP contribution in [0.3, 0.4) is 0 Å². The molecule has 0 unspecified atom stereocenters. The largest absolute Gasteiger partial charge is 0.261 e. The molecule has 1 aromatic heterocycles. The highest BCUT2D eigenvalue weighted by Crippen LogP contribution is 2.12. The van der Waals surface area contributed by atoms with Crippen molar-refractivity contribution in [1.29, 1.82) is 0 Å². The zero-order valence-electron chi connectivity index (χ0n) is 15.7. The molecule has 2 heteroatoms. The maximum absolute atomic E-state index is 12.8. The minimum atomic E-state index is -0.108. The summed E-state index contributed by atoms with van der Waals surface area (Å²) < 4.78 is 12.8. The second-order valence-corrected chi connectivity index (χ2v) is 4.59. The van der Waals surface area contributed by atoms with Gasteiger partial charge >= 0.3 is 0 Å². The maximum Gasteiger partial charge on any atom is 0.126 e. The Balaban J connectivity index is 0. The van der Waals surface area contributed by atoms with E-state index in [-0.39, 0.29) is 5.82 Å². The molecule has 0 saturated heterocycles. The van der Waals surface area contributed by atoms with Gasteiger partial charge in [0.15, 0.2) is 0 Å². The Morgan fingerprint density at radius 2 is 1.23 bits per heavy atom. The summed E-state index contributed by atoms with van der Waals surface area (Å²) in [5.74, 6) is -0.108. The van der Waals surface area contributed by atoms with Crippen molar-refractivity contribution >= 4 is 0 Å². The van der Waals surface area contributed by atoms with Gasteiger partial charge in [-0.25, -0.2) is 4.39 Å². The molecule has 1 heterocycles. The van der Waals surface area contributed by atoms with Crippen LogP contribution in [0.5, 0.6) is 0 Å². The third-order valence-corrected chi connectivity index (χ3v) is 3.05. The summed E-state index contributed by atoms with van der Waals surface area (Å²) in [5, 5.41) is 0. The molecule has 0 saturated carbocycles. The van der Waals surface area contributed by atoms with E-state index in [1.165, 1.54) is 5.56 Å². The molecule has 1 aromatic carbocycles. The lowest BCUT2D eigenvalue weighted by Gasteiger charge is -2.01. The number of aryl methyl sites for hydroxylation is 5. The maximum atomic E-state index is 12.8. The van der Waals surface area contributed by atoms with Crippen LogP contribution in [0, 0.1) is 40.4 Å². The van der Waals surface area contributed by atoms with Crippen LogP contribution in [0.15, 0.2) is 30.5 Å². The van der Waals surface area contributed by atoms with Gasteiger partial charge in [-0.2, -0.15) is 0 Å². The van der Waals surface area contributed by atoms with Crippen molar-refractivity contribution in [3.8, 4) is 0 Å². The molecule has 0 aliphatic rings. The molecular weight excluding hydrogens is 273 g/mol. The van der Waals surface area contributed by atoms with Crippen molar-refractivity contribution in [2.45, 2.75) is 62.3 Å². The monoisotopic (exact) mass is 305 g/mol. The third kappa shape index (κ3) is 8.56. The van der Waals surface area contributed by atoms with Gasteiger partial charge in [-0.15, -0.1) is 0 Å². The fourth-order valence-corrected chi connectivity index (χ4v) is 1.49. The van der Waals surface area contributed by atoms with Gasteiger partial charge in [-0.05, 0) is 69.0 Å². The predicted molar refractivity (Wildman–Crippen MR) is 97.0 cm³/mol. The fraction of sp³-hybridized carbons (Fsp3) is 0.450. The van der Waals surface area contributed by atoms with Crippen molar-refractivity contribution in [1.82, 2.24) is 4.98 Å². The molecule has 0 aliphatic heterocycles. The van der Waals surface area contributed by atoms with Gasteiger partial charge in [0, 0.05) is 11.9 Å². The second-order valence-electron chi connectivity index (χ2n) is 4.59. The lowest BCUT2D eigenvalue weighted by Crippen LogP contribution is -1.87. The summed E-state index contributed by atoms with van der Waals surface area (Å²) in [4.78, 5) is 4.08. The van der Waals surface area contributed by atoms with Gasteiger partial charge < -0.3 is 0 Å². The molecule has 124 valence electrons. The van der Waals surface area contributed by atoms with Gasteiger partial charge in [0.2, 0.25) is 0 Å². The fourth-order valence-electron chi connectivity index (χ4n) is 1.49. The molecule has 0 radical (unpaired) electrons.